The number of hydrogen-bond acceptors (Lipinski definition) is 7. The maximum Gasteiger partial charge on any atom is 0.295 e. The van der Waals surface area contributed by atoms with Gasteiger partial charge < -0.3 is 4.74 Å². The van der Waals surface area contributed by atoms with Gasteiger partial charge >= 0.3 is 0 Å². The van der Waals surface area contributed by atoms with Crippen LogP contribution in [0.1, 0.15) is 11.1 Å². The zero-order valence-corrected chi connectivity index (χ0v) is 21.6. The maximum absolute atomic E-state index is 12.8. The minimum atomic E-state index is -5.01. The normalized spacial score (nSPS) is 12.9. The molecule has 0 aromatic heterocycles. The van der Waals surface area contributed by atoms with Crippen LogP contribution in [-0.4, -0.2) is 38.9 Å². The summed E-state index contributed by atoms with van der Waals surface area (Å²) in [4.78, 5) is -2.18. The van der Waals surface area contributed by atoms with Gasteiger partial charge in [0.15, 0.2) is 0 Å². The minimum Gasteiger partial charge on any atom is -0.465 e. The van der Waals surface area contributed by atoms with Crippen molar-refractivity contribution >= 4 is 62.7 Å². The third-order valence-corrected chi connectivity index (χ3v) is 9.00. The highest BCUT2D eigenvalue weighted by Crippen LogP contribution is 2.47. The summed E-state index contributed by atoms with van der Waals surface area (Å²) in [5.74, 6) is -0.0240. The van der Waals surface area contributed by atoms with E-state index < -0.39 is 45.0 Å². The van der Waals surface area contributed by atoms with E-state index in [-0.39, 0.29) is 50.1 Å². The second-order valence-corrected chi connectivity index (χ2v) is 12.6. The molecule has 0 fully saturated rings. The van der Waals surface area contributed by atoms with Crippen molar-refractivity contribution in [3.05, 3.63) is 84.6 Å². The molecule has 0 bridgehead atoms. The Morgan fingerprint density at radius 2 is 1.18 bits per heavy atom. The van der Waals surface area contributed by atoms with E-state index >= 15 is 0 Å². The Balaban J connectivity index is 2.11. The summed E-state index contributed by atoms with van der Waals surface area (Å²) in [6.07, 6.45) is 1.05. The van der Waals surface area contributed by atoms with Gasteiger partial charge in [-0.25, -0.2) is 0 Å². The highest BCUT2D eigenvalue weighted by molar-refractivity contribution is 7.87. The van der Waals surface area contributed by atoms with E-state index in [1.54, 1.807) is 30.3 Å². The molecule has 0 saturated carbocycles. The molecule has 38 heavy (non-hydrogen) atoms. The monoisotopic (exact) mass is 574 g/mol. The lowest BCUT2D eigenvalue weighted by Crippen LogP contribution is -2.09. The highest BCUT2D eigenvalue weighted by Gasteiger charge is 2.31. The molecule has 5 aromatic carbocycles. The first kappa shape index (κ1) is 26.0. The van der Waals surface area contributed by atoms with Gasteiger partial charge in [-0.05, 0) is 17.7 Å². The highest BCUT2D eigenvalue weighted by atomic mass is 32.2. The molecule has 3 N–H and O–H groups in total. The second kappa shape index (κ2) is 8.73. The SMILES string of the molecule is C=COc1c(Cc2ccccc2)c(S(=O)(=O)O)c2ccc3c(S(=O)(=O)O)cc(S(=O)(=O)O)c4ccc1c2c43. The zero-order valence-electron chi connectivity index (χ0n) is 19.2. The molecule has 0 aliphatic heterocycles. The van der Waals surface area contributed by atoms with Gasteiger partial charge in [0, 0.05) is 44.3 Å². The second-order valence-electron chi connectivity index (χ2n) is 8.45. The largest absolute Gasteiger partial charge is 0.465 e. The lowest BCUT2D eigenvalue weighted by molar-refractivity contribution is 0.471. The van der Waals surface area contributed by atoms with E-state index in [2.05, 4.69) is 6.58 Å². The van der Waals surface area contributed by atoms with Gasteiger partial charge in [-0.2, -0.15) is 25.3 Å². The molecule has 0 unspecified atom stereocenters. The maximum atomic E-state index is 12.8. The minimum absolute atomic E-state index is 0.00212. The Morgan fingerprint density at radius 3 is 1.68 bits per heavy atom. The van der Waals surface area contributed by atoms with E-state index in [0.717, 1.165) is 6.26 Å². The van der Waals surface area contributed by atoms with Gasteiger partial charge in [-0.1, -0.05) is 55.1 Å². The van der Waals surface area contributed by atoms with Gasteiger partial charge in [0.25, 0.3) is 30.4 Å². The Morgan fingerprint density at radius 1 is 0.684 bits per heavy atom. The third-order valence-electron chi connectivity index (χ3n) is 6.23. The molecule has 0 atom stereocenters. The van der Waals surface area contributed by atoms with Crippen molar-refractivity contribution in [2.45, 2.75) is 21.1 Å². The Hall–Kier alpha value is -3.59. The van der Waals surface area contributed by atoms with Crippen LogP contribution in [0.3, 0.4) is 0 Å². The van der Waals surface area contributed by atoms with Crippen LogP contribution >= 0.6 is 0 Å². The molecular weight excluding hydrogens is 556 g/mol. The molecule has 0 aliphatic carbocycles. The van der Waals surface area contributed by atoms with Crippen LogP contribution in [0, 0.1) is 0 Å². The fourth-order valence-corrected chi connectivity index (χ4v) is 7.32. The smallest absolute Gasteiger partial charge is 0.295 e. The first-order valence-electron chi connectivity index (χ1n) is 10.8. The Labute approximate surface area is 217 Å². The molecule has 0 radical (unpaired) electrons. The number of rotatable bonds is 7. The average Bonchev–Trinajstić information content (AvgIpc) is 2.82. The molecule has 5 rings (SSSR count). The molecule has 196 valence electrons. The summed E-state index contributed by atoms with van der Waals surface area (Å²) in [6.45, 7) is 3.54. The van der Waals surface area contributed by atoms with Crippen molar-refractivity contribution in [3.63, 3.8) is 0 Å². The summed E-state index contributed by atoms with van der Waals surface area (Å²) in [5.41, 5.74) is 0.760. The molecular formula is C25H18O10S3. The molecule has 10 nitrogen and oxygen atoms in total. The summed E-state index contributed by atoms with van der Waals surface area (Å²) < 4.78 is 110. The molecule has 5 aromatic rings. The predicted octanol–water partition coefficient (Wildman–Crippen LogP) is 4.44. The fourth-order valence-electron chi connectivity index (χ4n) is 4.89. The molecule has 0 spiro atoms. The van der Waals surface area contributed by atoms with Gasteiger partial charge in [0.05, 0.1) is 6.26 Å². The lowest BCUT2D eigenvalue weighted by atomic mass is 9.90. The summed E-state index contributed by atoms with van der Waals surface area (Å²) in [6, 6.07) is 14.5. The van der Waals surface area contributed by atoms with E-state index in [1.165, 1.54) is 24.3 Å². The van der Waals surface area contributed by atoms with Crippen molar-refractivity contribution in [1.82, 2.24) is 0 Å². The van der Waals surface area contributed by atoms with Crippen molar-refractivity contribution in [1.29, 1.82) is 0 Å². The van der Waals surface area contributed by atoms with Crippen molar-refractivity contribution < 1.29 is 43.6 Å². The summed E-state index contributed by atoms with van der Waals surface area (Å²) in [7, 11) is -15.0. The molecule has 0 aliphatic rings. The van der Waals surface area contributed by atoms with Crippen LogP contribution in [0.2, 0.25) is 0 Å². The standard InChI is InChI=1S/C25H18O10S3/c1-2-35-24-17-10-8-15-20(36(26,27)28)13-21(37(29,30)31)16-9-11-18(23(17)22(15)16)25(38(32,33)34)19(24)12-14-6-4-3-5-7-14/h2-11,13H,1,12H2,(H,26,27,28)(H,29,30,31)(H,32,33,34). The Bertz CT molecular complexity index is 2050. The van der Waals surface area contributed by atoms with Crippen LogP contribution < -0.4 is 4.74 Å². The molecule has 13 heteroatoms. The Kier molecular flexibility index (Phi) is 5.98. The van der Waals surface area contributed by atoms with Crippen molar-refractivity contribution in [2.24, 2.45) is 0 Å². The summed E-state index contributed by atoms with van der Waals surface area (Å²) >= 11 is 0. The third kappa shape index (κ3) is 4.18. The fraction of sp³-hybridized carbons (Fsp3) is 0.0400. The van der Waals surface area contributed by atoms with Crippen LogP contribution in [-0.2, 0) is 36.8 Å². The summed E-state index contributed by atoms with van der Waals surface area (Å²) in [5, 5.41) is -0.171. The van der Waals surface area contributed by atoms with Crippen LogP contribution in [0.5, 0.6) is 5.75 Å². The lowest BCUT2D eigenvalue weighted by Gasteiger charge is -2.21. The molecule has 0 saturated heterocycles. The van der Waals surface area contributed by atoms with E-state index in [9.17, 15) is 38.9 Å². The zero-order chi connectivity index (χ0) is 27.6. The van der Waals surface area contributed by atoms with Gasteiger partial charge in [-0.3, -0.25) is 13.7 Å². The molecule has 0 amide bonds. The van der Waals surface area contributed by atoms with Crippen LogP contribution in [0.15, 0.2) is 88.2 Å². The average molecular weight is 575 g/mol. The van der Waals surface area contributed by atoms with E-state index in [1.807, 2.05) is 0 Å². The first-order valence-corrected chi connectivity index (χ1v) is 15.1. The van der Waals surface area contributed by atoms with Gasteiger partial charge in [0.2, 0.25) is 0 Å². The van der Waals surface area contributed by atoms with Crippen molar-refractivity contribution in [2.75, 3.05) is 0 Å². The van der Waals surface area contributed by atoms with E-state index in [4.69, 9.17) is 4.74 Å². The van der Waals surface area contributed by atoms with Gasteiger partial charge in [-0.15, -0.1) is 0 Å². The predicted molar refractivity (Wildman–Crippen MR) is 140 cm³/mol. The number of hydrogen-bond donors (Lipinski definition) is 3. The van der Waals surface area contributed by atoms with Crippen LogP contribution in [0.4, 0.5) is 0 Å². The quantitative estimate of drug-likeness (QED) is 0.143. The first-order chi connectivity index (χ1) is 17.7. The molecule has 0 heterocycles. The van der Waals surface area contributed by atoms with Gasteiger partial charge in [0.1, 0.15) is 20.4 Å². The topological polar surface area (TPSA) is 172 Å². The van der Waals surface area contributed by atoms with Crippen LogP contribution in [0.25, 0.3) is 32.3 Å². The van der Waals surface area contributed by atoms with E-state index in [0.29, 0.717) is 11.6 Å². The van der Waals surface area contributed by atoms with Crippen molar-refractivity contribution in [3.8, 4) is 5.75 Å². The number of benzene rings is 5. The number of ether oxygens (including phenoxy) is 1.